The van der Waals surface area contributed by atoms with Crippen molar-refractivity contribution in [2.75, 3.05) is 0 Å². The minimum atomic E-state index is -0.0831. The van der Waals surface area contributed by atoms with Gasteiger partial charge in [0.15, 0.2) is 0 Å². The molecule has 0 aromatic heterocycles. The van der Waals surface area contributed by atoms with Crippen LogP contribution in [0.15, 0.2) is 30.3 Å². The third kappa shape index (κ3) is 3.38. The number of hydrogen-bond acceptors (Lipinski definition) is 2. The molecule has 0 saturated heterocycles. The van der Waals surface area contributed by atoms with Crippen LogP contribution in [0.5, 0.6) is 0 Å². The molecule has 1 rings (SSSR count). The van der Waals surface area contributed by atoms with E-state index < -0.39 is 0 Å². The van der Waals surface area contributed by atoms with E-state index >= 15 is 0 Å². The number of nitrogens with one attached hydrogen (secondary N) is 1. The Morgan fingerprint density at radius 1 is 1.38 bits per heavy atom. The summed E-state index contributed by atoms with van der Waals surface area (Å²) in [6, 6.07) is 10.2. The largest absolute Gasteiger partial charge is 0.323 e. The topological polar surface area (TPSA) is 49.9 Å². The van der Waals surface area contributed by atoms with Gasteiger partial charge >= 0.3 is 0 Å². The lowest BCUT2D eigenvalue weighted by Gasteiger charge is -2.08. The summed E-state index contributed by atoms with van der Waals surface area (Å²) in [7, 11) is 0. The quantitative estimate of drug-likeness (QED) is 0.677. The number of rotatable bonds is 4. The van der Waals surface area contributed by atoms with Crippen molar-refractivity contribution in [2.24, 2.45) is 5.73 Å². The van der Waals surface area contributed by atoms with Crippen molar-refractivity contribution in [2.45, 2.75) is 25.8 Å². The van der Waals surface area contributed by atoms with E-state index in [0.29, 0.717) is 5.71 Å². The summed E-state index contributed by atoms with van der Waals surface area (Å²) in [5.41, 5.74) is 7.60. The van der Waals surface area contributed by atoms with Gasteiger partial charge in [-0.2, -0.15) is 0 Å². The first-order valence-electron chi connectivity index (χ1n) is 4.54. The summed E-state index contributed by atoms with van der Waals surface area (Å²) in [4.78, 5) is 0. The summed E-state index contributed by atoms with van der Waals surface area (Å²) >= 11 is 0. The van der Waals surface area contributed by atoms with Gasteiger partial charge in [-0.3, -0.25) is 0 Å². The van der Waals surface area contributed by atoms with Crippen molar-refractivity contribution in [1.82, 2.24) is 0 Å². The van der Waals surface area contributed by atoms with Gasteiger partial charge in [-0.15, -0.1) is 0 Å². The van der Waals surface area contributed by atoms with Gasteiger partial charge < -0.3 is 11.1 Å². The standard InChI is InChI=1S/C11H16N2/c1-9(12)11(13)8-7-10-5-3-2-4-6-10/h2-6,11-12H,7-8,13H2,1H3. The molecule has 0 fully saturated rings. The van der Waals surface area contributed by atoms with E-state index in [2.05, 4.69) is 12.1 Å². The molecule has 0 aliphatic heterocycles. The Morgan fingerprint density at radius 2 is 2.00 bits per heavy atom. The van der Waals surface area contributed by atoms with Crippen LogP contribution in [0, 0.1) is 5.41 Å². The zero-order valence-electron chi connectivity index (χ0n) is 7.96. The Kier molecular flexibility index (Phi) is 3.65. The van der Waals surface area contributed by atoms with Crippen molar-refractivity contribution in [3.63, 3.8) is 0 Å². The van der Waals surface area contributed by atoms with Gasteiger partial charge in [0.05, 0.1) is 0 Å². The lowest BCUT2D eigenvalue weighted by molar-refractivity contribution is 0.744. The molecule has 0 spiro atoms. The predicted molar refractivity (Wildman–Crippen MR) is 56.1 cm³/mol. The molecule has 3 N–H and O–H groups in total. The monoisotopic (exact) mass is 176 g/mol. The van der Waals surface area contributed by atoms with E-state index in [4.69, 9.17) is 11.1 Å². The fraction of sp³-hybridized carbons (Fsp3) is 0.364. The van der Waals surface area contributed by atoms with E-state index in [1.54, 1.807) is 6.92 Å². The molecule has 1 aromatic rings. The molecule has 13 heavy (non-hydrogen) atoms. The van der Waals surface area contributed by atoms with E-state index in [1.165, 1.54) is 5.56 Å². The highest BCUT2D eigenvalue weighted by atomic mass is 14.7. The van der Waals surface area contributed by atoms with Crippen LogP contribution >= 0.6 is 0 Å². The normalized spacial score (nSPS) is 12.5. The van der Waals surface area contributed by atoms with E-state index in [-0.39, 0.29) is 6.04 Å². The molecule has 0 bridgehead atoms. The van der Waals surface area contributed by atoms with Crippen LogP contribution in [0.3, 0.4) is 0 Å². The van der Waals surface area contributed by atoms with Crippen molar-refractivity contribution in [3.05, 3.63) is 35.9 Å². The number of benzene rings is 1. The maximum atomic E-state index is 7.34. The fourth-order valence-corrected chi connectivity index (χ4v) is 1.18. The zero-order valence-corrected chi connectivity index (χ0v) is 7.96. The van der Waals surface area contributed by atoms with Gasteiger partial charge in [0.2, 0.25) is 0 Å². The highest BCUT2D eigenvalue weighted by Crippen LogP contribution is 2.04. The van der Waals surface area contributed by atoms with Crippen LogP contribution in [0.4, 0.5) is 0 Å². The highest BCUT2D eigenvalue weighted by Gasteiger charge is 2.03. The van der Waals surface area contributed by atoms with Crippen molar-refractivity contribution >= 4 is 5.71 Å². The molecule has 0 aliphatic rings. The lowest BCUT2D eigenvalue weighted by atomic mass is 10.0. The summed E-state index contributed by atoms with van der Waals surface area (Å²) in [6.45, 7) is 1.76. The number of nitrogens with two attached hydrogens (primary N) is 1. The first-order valence-corrected chi connectivity index (χ1v) is 4.54. The van der Waals surface area contributed by atoms with Gasteiger partial charge in [-0.25, -0.2) is 0 Å². The average molecular weight is 176 g/mol. The second-order valence-electron chi connectivity index (χ2n) is 3.31. The molecule has 0 saturated carbocycles. The smallest absolute Gasteiger partial charge is 0.0423 e. The second kappa shape index (κ2) is 4.77. The molecular formula is C11H16N2. The van der Waals surface area contributed by atoms with Crippen molar-refractivity contribution in [1.29, 1.82) is 5.41 Å². The van der Waals surface area contributed by atoms with Crippen LogP contribution in [-0.2, 0) is 6.42 Å². The van der Waals surface area contributed by atoms with Gasteiger partial charge in [0, 0.05) is 11.8 Å². The van der Waals surface area contributed by atoms with Crippen molar-refractivity contribution < 1.29 is 0 Å². The molecule has 1 atom stereocenters. The highest BCUT2D eigenvalue weighted by molar-refractivity contribution is 5.83. The number of aryl methyl sites for hydroxylation is 1. The van der Waals surface area contributed by atoms with Crippen molar-refractivity contribution in [3.8, 4) is 0 Å². The van der Waals surface area contributed by atoms with Gasteiger partial charge in [0.1, 0.15) is 0 Å². The maximum Gasteiger partial charge on any atom is 0.0423 e. The fourth-order valence-electron chi connectivity index (χ4n) is 1.18. The summed E-state index contributed by atoms with van der Waals surface area (Å²) in [6.07, 6.45) is 1.82. The first kappa shape index (κ1) is 9.93. The molecule has 2 heteroatoms. The molecule has 70 valence electrons. The molecule has 0 amide bonds. The van der Waals surface area contributed by atoms with Gasteiger partial charge in [-0.1, -0.05) is 30.3 Å². The maximum absolute atomic E-state index is 7.34. The molecule has 2 nitrogen and oxygen atoms in total. The predicted octanol–water partition coefficient (Wildman–Crippen LogP) is 1.99. The Bertz CT molecular complexity index is 267. The SMILES string of the molecule is CC(=N)C(N)CCc1ccccc1. The average Bonchev–Trinajstić information content (AvgIpc) is 2.15. The Balaban J connectivity index is 2.39. The summed E-state index contributed by atoms with van der Waals surface area (Å²) < 4.78 is 0. The minimum absolute atomic E-state index is 0.0831. The Labute approximate surface area is 79.3 Å². The Hall–Kier alpha value is -1.15. The number of hydrogen-bond donors (Lipinski definition) is 2. The van der Waals surface area contributed by atoms with Gasteiger partial charge in [-0.05, 0) is 25.3 Å². The third-order valence-electron chi connectivity index (χ3n) is 2.14. The van der Waals surface area contributed by atoms with Crippen LogP contribution in [0.1, 0.15) is 18.9 Å². The molecule has 1 aromatic carbocycles. The van der Waals surface area contributed by atoms with Gasteiger partial charge in [0.25, 0.3) is 0 Å². The zero-order chi connectivity index (χ0) is 9.68. The molecular weight excluding hydrogens is 160 g/mol. The van der Waals surface area contributed by atoms with Crippen LogP contribution < -0.4 is 5.73 Å². The van der Waals surface area contributed by atoms with Crippen LogP contribution in [-0.4, -0.2) is 11.8 Å². The van der Waals surface area contributed by atoms with Crippen LogP contribution in [0.2, 0.25) is 0 Å². The minimum Gasteiger partial charge on any atom is -0.323 e. The second-order valence-corrected chi connectivity index (χ2v) is 3.31. The third-order valence-corrected chi connectivity index (χ3v) is 2.14. The van der Waals surface area contributed by atoms with E-state index in [9.17, 15) is 0 Å². The molecule has 0 radical (unpaired) electrons. The molecule has 0 aliphatic carbocycles. The summed E-state index contributed by atoms with van der Waals surface area (Å²) in [5, 5.41) is 7.34. The lowest BCUT2D eigenvalue weighted by Crippen LogP contribution is -2.28. The summed E-state index contributed by atoms with van der Waals surface area (Å²) in [5.74, 6) is 0. The van der Waals surface area contributed by atoms with Crippen LogP contribution in [0.25, 0.3) is 0 Å². The van der Waals surface area contributed by atoms with E-state index in [0.717, 1.165) is 12.8 Å². The van der Waals surface area contributed by atoms with E-state index in [1.807, 2.05) is 18.2 Å². The first-order chi connectivity index (χ1) is 6.20. The molecule has 1 unspecified atom stereocenters. The Morgan fingerprint density at radius 3 is 2.54 bits per heavy atom. The molecule has 0 heterocycles.